The smallest absolute Gasteiger partial charge is 0.0672 e. The molecule has 1 aliphatic heterocycles. The van der Waals surface area contributed by atoms with Gasteiger partial charge in [0.25, 0.3) is 0 Å². The molecule has 104 valence electrons. The maximum atomic E-state index is 5.45. The molecule has 0 bridgehead atoms. The summed E-state index contributed by atoms with van der Waals surface area (Å²) in [6.07, 6.45) is 1.17. The molecular weight excluding hydrogens is 236 g/mol. The van der Waals surface area contributed by atoms with Crippen molar-refractivity contribution < 1.29 is 4.74 Å². The van der Waals surface area contributed by atoms with Crippen molar-refractivity contribution in [3.63, 3.8) is 0 Å². The predicted octanol–water partition coefficient (Wildman–Crippen LogP) is 2.36. The Morgan fingerprint density at radius 2 is 2.32 bits per heavy atom. The van der Waals surface area contributed by atoms with Crippen LogP contribution < -0.4 is 10.2 Å². The van der Waals surface area contributed by atoms with Crippen molar-refractivity contribution in [1.29, 1.82) is 0 Å². The van der Waals surface area contributed by atoms with Gasteiger partial charge in [-0.15, -0.1) is 0 Å². The SMILES string of the molecule is C=C(C)COCCNCc1ccc2c(c1)CCN2C. The number of anilines is 1. The first-order chi connectivity index (χ1) is 9.16. The number of rotatable bonds is 7. The summed E-state index contributed by atoms with van der Waals surface area (Å²) in [5.74, 6) is 0. The van der Waals surface area contributed by atoms with Crippen molar-refractivity contribution in [1.82, 2.24) is 5.32 Å². The van der Waals surface area contributed by atoms with Gasteiger partial charge in [-0.2, -0.15) is 0 Å². The lowest BCUT2D eigenvalue weighted by molar-refractivity contribution is 0.158. The van der Waals surface area contributed by atoms with E-state index in [2.05, 4.69) is 42.0 Å². The predicted molar refractivity (Wildman–Crippen MR) is 80.8 cm³/mol. The quantitative estimate of drug-likeness (QED) is 0.601. The van der Waals surface area contributed by atoms with E-state index in [1.807, 2.05) is 6.92 Å². The highest BCUT2D eigenvalue weighted by Gasteiger charge is 2.15. The fourth-order valence-electron chi connectivity index (χ4n) is 2.35. The summed E-state index contributed by atoms with van der Waals surface area (Å²) in [5, 5.41) is 3.41. The number of nitrogens with one attached hydrogen (secondary N) is 1. The van der Waals surface area contributed by atoms with Gasteiger partial charge in [0.2, 0.25) is 0 Å². The summed E-state index contributed by atoms with van der Waals surface area (Å²) in [7, 11) is 2.16. The van der Waals surface area contributed by atoms with Crippen molar-refractivity contribution >= 4 is 5.69 Å². The molecule has 3 heteroatoms. The molecule has 0 saturated heterocycles. The maximum absolute atomic E-state index is 5.45. The molecule has 2 rings (SSSR count). The Morgan fingerprint density at radius 3 is 3.11 bits per heavy atom. The molecule has 3 nitrogen and oxygen atoms in total. The number of hydrogen-bond donors (Lipinski definition) is 1. The van der Waals surface area contributed by atoms with Gasteiger partial charge in [0.05, 0.1) is 13.2 Å². The van der Waals surface area contributed by atoms with Gasteiger partial charge in [0, 0.05) is 32.4 Å². The molecule has 0 radical (unpaired) electrons. The Kier molecular flexibility index (Phi) is 5.00. The average Bonchev–Trinajstić information content (AvgIpc) is 2.75. The van der Waals surface area contributed by atoms with Gasteiger partial charge in [-0.25, -0.2) is 0 Å². The Hall–Kier alpha value is -1.32. The lowest BCUT2D eigenvalue weighted by Gasteiger charge is -2.12. The van der Waals surface area contributed by atoms with E-state index in [1.54, 1.807) is 0 Å². The van der Waals surface area contributed by atoms with Crippen LogP contribution in [0.25, 0.3) is 0 Å². The first-order valence-electron chi connectivity index (χ1n) is 6.92. The highest BCUT2D eigenvalue weighted by molar-refractivity contribution is 5.58. The topological polar surface area (TPSA) is 24.5 Å². The molecule has 19 heavy (non-hydrogen) atoms. The molecule has 1 aromatic carbocycles. The van der Waals surface area contributed by atoms with Crippen LogP contribution in [-0.4, -0.2) is 33.4 Å². The Balaban J connectivity index is 1.71. The van der Waals surface area contributed by atoms with Crippen LogP contribution in [0.15, 0.2) is 30.4 Å². The number of likely N-dealkylation sites (N-methyl/N-ethyl adjacent to an activating group) is 1. The second-order valence-electron chi connectivity index (χ2n) is 5.32. The van der Waals surface area contributed by atoms with Crippen LogP contribution >= 0.6 is 0 Å². The lowest BCUT2D eigenvalue weighted by atomic mass is 10.1. The van der Waals surface area contributed by atoms with Gasteiger partial charge >= 0.3 is 0 Å². The summed E-state index contributed by atoms with van der Waals surface area (Å²) in [6.45, 7) is 10.1. The van der Waals surface area contributed by atoms with E-state index < -0.39 is 0 Å². The second-order valence-corrected chi connectivity index (χ2v) is 5.32. The normalized spacial score (nSPS) is 13.7. The van der Waals surface area contributed by atoms with Gasteiger partial charge in [-0.05, 0) is 30.5 Å². The average molecular weight is 260 g/mol. The van der Waals surface area contributed by atoms with Crippen LogP contribution in [-0.2, 0) is 17.7 Å². The Labute approximate surface area is 116 Å². The zero-order chi connectivity index (χ0) is 13.7. The van der Waals surface area contributed by atoms with Crippen molar-refractivity contribution in [2.24, 2.45) is 0 Å². The summed E-state index contributed by atoms with van der Waals surface area (Å²) in [5.41, 5.74) is 5.28. The standard InChI is InChI=1S/C16H24N2O/c1-13(2)12-19-9-7-17-11-14-4-5-16-15(10-14)6-8-18(16)3/h4-5,10,17H,1,6-9,11-12H2,2-3H3. The van der Waals surface area contributed by atoms with Gasteiger partial charge in [0.15, 0.2) is 0 Å². The second kappa shape index (κ2) is 6.73. The van der Waals surface area contributed by atoms with Crippen LogP contribution in [0, 0.1) is 0 Å². The van der Waals surface area contributed by atoms with Crippen LogP contribution in [0.2, 0.25) is 0 Å². The zero-order valence-corrected chi connectivity index (χ0v) is 12.0. The molecule has 0 aromatic heterocycles. The van der Waals surface area contributed by atoms with Gasteiger partial charge in [0.1, 0.15) is 0 Å². The molecule has 0 saturated carbocycles. The first-order valence-corrected chi connectivity index (χ1v) is 6.92. The minimum Gasteiger partial charge on any atom is -0.376 e. The van der Waals surface area contributed by atoms with E-state index in [-0.39, 0.29) is 0 Å². The van der Waals surface area contributed by atoms with E-state index in [4.69, 9.17) is 4.74 Å². The van der Waals surface area contributed by atoms with Crippen LogP contribution in [0.4, 0.5) is 5.69 Å². The fraction of sp³-hybridized carbons (Fsp3) is 0.500. The summed E-state index contributed by atoms with van der Waals surface area (Å²) in [6, 6.07) is 6.76. The molecule has 0 amide bonds. The highest BCUT2D eigenvalue weighted by Crippen LogP contribution is 2.27. The Morgan fingerprint density at radius 1 is 1.47 bits per heavy atom. The van der Waals surface area contributed by atoms with E-state index >= 15 is 0 Å². The monoisotopic (exact) mass is 260 g/mol. The van der Waals surface area contributed by atoms with Crippen molar-refractivity contribution in [3.8, 4) is 0 Å². The first kappa shape index (κ1) is 14.1. The number of ether oxygens (including phenoxy) is 1. The molecule has 0 spiro atoms. The molecular formula is C16H24N2O. The molecule has 1 N–H and O–H groups in total. The fourth-order valence-corrected chi connectivity index (χ4v) is 2.35. The highest BCUT2D eigenvalue weighted by atomic mass is 16.5. The van der Waals surface area contributed by atoms with Crippen LogP contribution in [0.1, 0.15) is 18.1 Å². The number of hydrogen-bond acceptors (Lipinski definition) is 3. The van der Waals surface area contributed by atoms with Gasteiger partial charge in [-0.1, -0.05) is 24.3 Å². The largest absolute Gasteiger partial charge is 0.376 e. The maximum Gasteiger partial charge on any atom is 0.0672 e. The molecule has 0 aliphatic carbocycles. The van der Waals surface area contributed by atoms with Crippen molar-refractivity contribution in [2.75, 3.05) is 38.3 Å². The van der Waals surface area contributed by atoms with Crippen LogP contribution in [0.5, 0.6) is 0 Å². The minimum atomic E-state index is 0.660. The lowest BCUT2D eigenvalue weighted by Crippen LogP contribution is -2.19. The van der Waals surface area contributed by atoms with E-state index in [0.29, 0.717) is 6.61 Å². The Bertz CT molecular complexity index is 442. The van der Waals surface area contributed by atoms with E-state index in [1.165, 1.54) is 23.2 Å². The number of fused-ring (bicyclic) bond motifs is 1. The molecule has 0 atom stereocenters. The summed E-state index contributed by atoms with van der Waals surface area (Å²) >= 11 is 0. The van der Waals surface area contributed by atoms with E-state index in [0.717, 1.165) is 31.8 Å². The minimum absolute atomic E-state index is 0.660. The molecule has 0 fully saturated rings. The zero-order valence-electron chi connectivity index (χ0n) is 12.0. The molecule has 1 aliphatic rings. The number of nitrogens with zero attached hydrogens (tertiary/aromatic N) is 1. The number of benzene rings is 1. The molecule has 1 heterocycles. The van der Waals surface area contributed by atoms with Gasteiger partial charge < -0.3 is 15.0 Å². The molecule has 1 aromatic rings. The third kappa shape index (κ3) is 4.08. The van der Waals surface area contributed by atoms with E-state index in [9.17, 15) is 0 Å². The molecule has 0 unspecified atom stereocenters. The van der Waals surface area contributed by atoms with Crippen molar-refractivity contribution in [2.45, 2.75) is 19.9 Å². The summed E-state index contributed by atoms with van der Waals surface area (Å²) in [4.78, 5) is 2.32. The third-order valence-corrected chi connectivity index (χ3v) is 3.37. The van der Waals surface area contributed by atoms with Crippen LogP contribution in [0.3, 0.4) is 0 Å². The third-order valence-electron chi connectivity index (χ3n) is 3.37. The van der Waals surface area contributed by atoms with Crippen molar-refractivity contribution in [3.05, 3.63) is 41.5 Å². The summed E-state index contributed by atoms with van der Waals surface area (Å²) < 4.78 is 5.45. The van der Waals surface area contributed by atoms with Gasteiger partial charge in [-0.3, -0.25) is 0 Å².